The van der Waals surface area contributed by atoms with Gasteiger partial charge in [0, 0.05) is 18.0 Å². The molecule has 108 valence electrons. The third kappa shape index (κ3) is 2.64. The molecule has 0 fully saturated rings. The standard InChI is InChI=1S/C12H7F3N4OS/c1-6-8(9-18-11(19-20-9)12(13,14)15)21-10(17-6)7-3-2-4-16-5-7/h2-5H,1H3. The second-order valence-corrected chi connectivity index (χ2v) is 5.10. The molecule has 5 nitrogen and oxygen atoms in total. The SMILES string of the molecule is Cc1nc(-c2cccnc2)sc1-c1nc(C(F)(F)F)no1. The van der Waals surface area contributed by atoms with E-state index in [9.17, 15) is 13.2 Å². The van der Waals surface area contributed by atoms with Crippen LogP contribution < -0.4 is 0 Å². The highest BCUT2D eigenvalue weighted by molar-refractivity contribution is 7.18. The number of hydrogen-bond donors (Lipinski definition) is 0. The highest BCUT2D eigenvalue weighted by Crippen LogP contribution is 2.35. The summed E-state index contributed by atoms with van der Waals surface area (Å²) in [6.07, 6.45) is -1.39. The molecule has 0 aromatic carbocycles. The monoisotopic (exact) mass is 312 g/mol. The Morgan fingerprint density at radius 2 is 2.05 bits per heavy atom. The molecule has 0 aliphatic heterocycles. The molecule has 9 heteroatoms. The maximum atomic E-state index is 12.5. The van der Waals surface area contributed by atoms with Crippen LogP contribution in [0, 0.1) is 6.92 Å². The number of aromatic nitrogens is 4. The van der Waals surface area contributed by atoms with Gasteiger partial charge in [-0.15, -0.1) is 11.3 Å². The number of halogens is 3. The zero-order chi connectivity index (χ0) is 15.0. The minimum absolute atomic E-state index is 0.188. The summed E-state index contributed by atoms with van der Waals surface area (Å²) in [5, 5.41) is 3.57. The first-order valence-corrected chi connectivity index (χ1v) is 6.56. The van der Waals surface area contributed by atoms with Crippen molar-refractivity contribution in [3.05, 3.63) is 36.0 Å². The molecule has 0 aliphatic carbocycles. The summed E-state index contributed by atoms with van der Waals surface area (Å²) in [5.74, 6) is -1.49. The van der Waals surface area contributed by atoms with Crippen molar-refractivity contribution in [2.45, 2.75) is 13.1 Å². The van der Waals surface area contributed by atoms with E-state index in [1.165, 1.54) is 11.3 Å². The summed E-state index contributed by atoms with van der Waals surface area (Å²) in [7, 11) is 0. The third-order valence-corrected chi connectivity index (χ3v) is 3.77. The number of alkyl halides is 3. The predicted molar refractivity (Wildman–Crippen MR) is 68.4 cm³/mol. The van der Waals surface area contributed by atoms with Crippen LogP contribution in [0.1, 0.15) is 11.5 Å². The molecular weight excluding hydrogens is 305 g/mol. The summed E-state index contributed by atoms with van der Waals surface area (Å²) in [5.41, 5.74) is 1.30. The molecular formula is C12H7F3N4OS. The highest BCUT2D eigenvalue weighted by Gasteiger charge is 2.37. The fraction of sp³-hybridized carbons (Fsp3) is 0.167. The van der Waals surface area contributed by atoms with E-state index in [4.69, 9.17) is 0 Å². The lowest BCUT2D eigenvalue weighted by Crippen LogP contribution is -2.07. The molecule has 0 spiro atoms. The van der Waals surface area contributed by atoms with Gasteiger partial charge in [-0.25, -0.2) is 4.98 Å². The lowest BCUT2D eigenvalue weighted by atomic mass is 10.3. The fourth-order valence-electron chi connectivity index (χ4n) is 1.64. The zero-order valence-electron chi connectivity index (χ0n) is 10.5. The molecule has 0 N–H and O–H groups in total. The average molecular weight is 312 g/mol. The van der Waals surface area contributed by atoms with E-state index in [0.29, 0.717) is 15.6 Å². The third-order valence-electron chi connectivity index (χ3n) is 2.58. The average Bonchev–Trinajstić information content (AvgIpc) is 3.05. The Morgan fingerprint density at radius 3 is 2.67 bits per heavy atom. The first-order valence-electron chi connectivity index (χ1n) is 5.74. The number of nitrogens with zero attached hydrogens (tertiary/aromatic N) is 4. The molecule has 0 atom stereocenters. The number of pyridine rings is 1. The van der Waals surface area contributed by atoms with E-state index in [-0.39, 0.29) is 5.89 Å². The summed E-state index contributed by atoms with van der Waals surface area (Å²) in [4.78, 5) is 12.1. The van der Waals surface area contributed by atoms with Crippen LogP contribution in [0.2, 0.25) is 0 Å². The quantitative estimate of drug-likeness (QED) is 0.723. The first kappa shape index (κ1) is 13.7. The van der Waals surface area contributed by atoms with Crippen LogP contribution in [0.25, 0.3) is 21.3 Å². The molecule has 0 unspecified atom stereocenters. The van der Waals surface area contributed by atoms with Gasteiger partial charge in [0.15, 0.2) is 0 Å². The number of hydrogen-bond acceptors (Lipinski definition) is 6. The van der Waals surface area contributed by atoms with Gasteiger partial charge in [0.05, 0.1) is 5.69 Å². The molecule has 0 saturated heterocycles. The van der Waals surface area contributed by atoms with Crippen molar-refractivity contribution in [1.82, 2.24) is 20.1 Å². The molecule has 0 bridgehead atoms. The molecule has 0 aliphatic rings. The molecule has 0 saturated carbocycles. The van der Waals surface area contributed by atoms with Crippen molar-refractivity contribution in [3.63, 3.8) is 0 Å². The van der Waals surface area contributed by atoms with Crippen LogP contribution in [0.5, 0.6) is 0 Å². The summed E-state index contributed by atoms with van der Waals surface area (Å²) in [6, 6.07) is 3.56. The summed E-state index contributed by atoms with van der Waals surface area (Å²) < 4.78 is 42.1. The number of aryl methyl sites for hydroxylation is 1. The van der Waals surface area contributed by atoms with E-state index in [1.807, 2.05) is 6.07 Å². The van der Waals surface area contributed by atoms with Crippen molar-refractivity contribution >= 4 is 11.3 Å². The number of thiazole rings is 1. The second kappa shape index (κ2) is 4.92. The van der Waals surface area contributed by atoms with Gasteiger partial charge < -0.3 is 4.52 Å². The van der Waals surface area contributed by atoms with Gasteiger partial charge >= 0.3 is 6.18 Å². The van der Waals surface area contributed by atoms with Crippen LogP contribution >= 0.6 is 11.3 Å². The first-order chi connectivity index (χ1) is 9.95. The fourth-order valence-corrected chi connectivity index (χ4v) is 2.62. The number of rotatable bonds is 2. The van der Waals surface area contributed by atoms with Gasteiger partial charge in [0.2, 0.25) is 0 Å². The Morgan fingerprint density at radius 1 is 1.24 bits per heavy atom. The lowest BCUT2D eigenvalue weighted by molar-refractivity contribution is -0.146. The minimum Gasteiger partial charge on any atom is -0.333 e. The van der Waals surface area contributed by atoms with Gasteiger partial charge in [-0.3, -0.25) is 4.98 Å². The van der Waals surface area contributed by atoms with E-state index >= 15 is 0 Å². The highest BCUT2D eigenvalue weighted by atomic mass is 32.1. The maximum absolute atomic E-state index is 12.5. The lowest BCUT2D eigenvalue weighted by Gasteiger charge is -1.96. The van der Waals surface area contributed by atoms with Crippen LogP contribution in [-0.4, -0.2) is 20.1 Å². The van der Waals surface area contributed by atoms with E-state index < -0.39 is 12.0 Å². The van der Waals surface area contributed by atoms with Gasteiger partial charge in [0.25, 0.3) is 11.7 Å². The molecule has 0 radical (unpaired) electrons. The zero-order valence-corrected chi connectivity index (χ0v) is 11.4. The second-order valence-electron chi connectivity index (χ2n) is 4.10. The van der Waals surface area contributed by atoms with Crippen LogP contribution in [0.4, 0.5) is 13.2 Å². The smallest absolute Gasteiger partial charge is 0.333 e. The molecule has 0 amide bonds. The van der Waals surface area contributed by atoms with Gasteiger partial charge in [-0.05, 0) is 19.1 Å². The van der Waals surface area contributed by atoms with Crippen LogP contribution in [0.15, 0.2) is 29.0 Å². The Labute approximate surface area is 120 Å². The van der Waals surface area contributed by atoms with Gasteiger partial charge in [-0.1, -0.05) is 5.16 Å². The summed E-state index contributed by atoms with van der Waals surface area (Å²) in [6.45, 7) is 1.67. The molecule has 3 aromatic heterocycles. The van der Waals surface area contributed by atoms with E-state index in [0.717, 1.165) is 5.56 Å². The molecule has 3 rings (SSSR count). The van der Waals surface area contributed by atoms with Gasteiger partial charge in [-0.2, -0.15) is 18.2 Å². The Balaban J connectivity index is 2.00. The Bertz CT molecular complexity index is 766. The molecule has 3 aromatic rings. The van der Waals surface area contributed by atoms with Crippen LogP contribution in [-0.2, 0) is 6.18 Å². The van der Waals surface area contributed by atoms with Crippen molar-refractivity contribution in [2.75, 3.05) is 0 Å². The normalized spacial score (nSPS) is 11.8. The van der Waals surface area contributed by atoms with Crippen molar-refractivity contribution in [2.24, 2.45) is 0 Å². The predicted octanol–water partition coefficient (Wildman–Crippen LogP) is 3.58. The Hall–Kier alpha value is -2.29. The molecule has 21 heavy (non-hydrogen) atoms. The van der Waals surface area contributed by atoms with Crippen molar-refractivity contribution in [3.8, 4) is 21.3 Å². The largest absolute Gasteiger partial charge is 0.455 e. The van der Waals surface area contributed by atoms with Crippen molar-refractivity contribution < 1.29 is 17.7 Å². The van der Waals surface area contributed by atoms with Crippen LogP contribution in [0.3, 0.4) is 0 Å². The van der Waals surface area contributed by atoms with E-state index in [2.05, 4.69) is 24.6 Å². The van der Waals surface area contributed by atoms with Gasteiger partial charge in [0.1, 0.15) is 9.88 Å². The Kier molecular flexibility index (Phi) is 3.20. The van der Waals surface area contributed by atoms with Crippen molar-refractivity contribution in [1.29, 1.82) is 0 Å². The summed E-state index contributed by atoms with van der Waals surface area (Å²) >= 11 is 1.17. The maximum Gasteiger partial charge on any atom is 0.455 e. The molecule has 3 heterocycles. The van der Waals surface area contributed by atoms with E-state index in [1.54, 1.807) is 25.4 Å². The minimum atomic E-state index is -4.63. The topological polar surface area (TPSA) is 64.7 Å².